The van der Waals surface area contributed by atoms with Crippen molar-refractivity contribution in [2.75, 3.05) is 5.32 Å². The van der Waals surface area contributed by atoms with E-state index in [1.54, 1.807) is 30.3 Å². The van der Waals surface area contributed by atoms with Crippen molar-refractivity contribution in [1.29, 1.82) is 0 Å². The first-order chi connectivity index (χ1) is 16.1. The highest BCUT2D eigenvalue weighted by Gasteiger charge is 2.51. The average Bonchev–Trinajstić information content (AvgIpc) is 3.37. The third-order valence-electron chi connectivity index (χ3n) is 5.53. The summed E-state index contributed by atoms with van der Waals surface area (Å²) in [4.78, 5) is 0. The lowest BCUT2D eigenvalue weighted by Crippen LogP contribution is -2.41. The summed E-state index contributed by atoms with van der Waals surface area (Å²) in [6, 6.07) is 12.2. The number of rotatable bonds is 5. The predicted octanol–water partition coefficient (Wildman–Crippen LogP) is 6.49. The van der Waals surface area contributed by atoms with Gasteiger partial charge in [-0.15, -0.1) is 5.10 Å². The summed E-state index contributed by atoms with van der Waals surface area (Å²) in [5.41, 5.74) is 0.842. The first-order valence-corrected chi connectivity index (χ1v) is 12.0. The number of nitrogens with one attached hydrogen (secondary N) is 1. The Balaban J connectivity index is 0.000000970. The van der Waals surface area contributed by atoms with E-state index in [-0.39, 0.29) is 18.4 Å². The molecule has 0 aliphatic carbocycles. The molecule has 2 heterocycles. The van der Waals surface area contributed by atoms with Crippen LogP contribution >= 0.6 is 11.6 Å². The normalized spacial score (nSPS) is 15.6. The molecule has 1 aromatic heterocycles. The molecule has 0 unspecified atom stereocenters. The molecule has 6 nitrogen and oxygen atoms in total. The molecular weight excluding hydrogens is 456 g/mol. The predicted molar refractivity (Wildman–Crippen MR) is 137 cm³/mol. The fourth-order valence-electron chi connectivity index (χ4n) is 3.04. The number of nitrogens with zero attached hydrogens (tertiary/aromatic N) is 2. The Bertz CT molecular complexity index is 1060. The molecule has 0 spiro atoms. The van der Waals surface area contributed by atoms with Crippen molar-refractivity contribution in [2.45, 2.75) is 73.1 Å². The molecule has 0 atom stereocenters. The lowest BCUT2D eigenvalue weighted by molar-refractivity contribution is 0.00578. The third-order valence-corrected chi connectivity index (χ3v) is 5.76. The second-order valence-corrected chi connectivity index (χ2v) is 8.65. The second kappa shape index (κ2) is 11.8. The van der Waals surface area contributed by atoms with Crippen molar-refractivity contribution in [2.24, 2.45) is 0 Å². The molecule has 4 rings (SSSR count). The quantitative estimate of drug-likeness (QED) is 0.413. The summed E-state index contributed by atoms with van der Waals surface area (Å²) in [6.45, 7) is 16.0. The molecule has 1 saturated heterocycles. The fraction of sp³-hybridized carbons (Fsp3) is 0.440. The summed E-state index contributed by atoms with van der Waals surface area (Å²) >= 11 is 5.99. The topological polar surface area (TPSA) is 69.4 Å². The number of halogens is 2. The molecule has 0 saturated carbocycles. The lowest BCUT2D eigenvalue weighted by atomic mass is 9.78. The van der Waals surface area contributed by atoms with E-state index in [0.717, 1.165) is 0 Å². The van der Waals surface area contributed by atoms with Crippen LogP contribution in [-0.4, -0.2) is 28.5 Å². The first-order valence-electron chi connectivity index (χ1n) is 11.6. The van der Waals surface area contributed by atoms with Gasteiger partial charge in [-0.25, -0.2) is 4.39 Å². The van der Waals surface area contributed by atoms with Gasteiger partial charge >= 0.3 is 13.1 Å². The fourth-order valence-corrected chi connectivity index (χ4v) is 3.23. The first kappa shape index (κ1) is 27.8. The molecule has 0 bridgehead atoms. The number of benzene rings is 2. The van der Waals surface area contributed by atoms with Gasteiger partial charge in [-0.05, 0) is 57.4 Å². The standard InChI is InChI=1S/C21H22BClFN3O3.2C2H6/c1-20(2)21(3,4)30-22(29-20)15-9-8-14(17(24)11-15)12-25-19-27-26-18(28-19)13-6-5-7-16(23)10-13;2*1-2/h5-11H,12H2,1-4H3,(H,25,27);2*1-2H3. The zero-order valence-corrected chi connectivity index (χ0v) is 22.0. The van der Waals surface area contributed by atoms with Crippen molar-refractivity contribution in [1.82, 2.24) is 10.2 Å². The van der Waals surface area contributed by atoms with Gasteiger partial charge < -0.3 is 19.0 Å². The van der Waals surface area contributed by atoms with Crippen molar-refractivity contribution in [3.05, 3.63) is 58.9 Å². The number of hydrogen-bond donors (Lipinski definition) is 1. The maximum atomic E-state index is 14.7. The second-order valence-electron chi connectivity index (χ2n) is 8.22. The SMILES string of the molecule is CC.CC.CC1(C)OB(c2ccc(CNc3nnc(-c4cccc(Cl)c4)o3)c(F)c2)OC1(C)C. The van der Waals surface area contributed by atoms with Crippen LogP contribution in [0.5, 0.6) is 0 Å². The van der Waals surface area contributed by atoms with Crippen LogP contribution in [0.2, 0.25) is 5.02 Å². The van der Waals surface area contributed by atoms with Crippen LogP contribution in [0.3, 0.4) is 0 Å². The molecule has 184 valence electrons. The van der Waals surface area contributed by atoms with Crippen LogP contribution in [0.1, 0.15) is 61.0 Å². The summed E-state index contributed by atoms with van der Waals surface area (Å²) < 4.78 is 32.2. The van der Waals surface area contributed by atoms with Gasteiger partial charge in [0.2, 0.25) is 5.89 Å². The Morgan fingerprint density at radius 3 is 2.18 bits per heavy atom. The van der Waals surface area contributed by atoms with E-state index in [2.05, 4.69) is 15.5 Å². The highest BCUT2D eigenvalue weighted by molar-refractivity contribution is 6.62. The van der Waals surface area contributed by atoms with E-state index in [9.17, 15) is 4.39 Å². The van der Waals surface area contributed by atoms with Gasteiger partial charge in [-0.2, -0.15) is 0 Å². The maximum Gasteiger partial charge on any atom is 0.494 e. The van der Waals surface area contributed by atoms with Crippen molar-refractivity contribution in [3.8, 4) is 11.5 Å². The van der Waals surface area contributed by atoms with E-state index in [1.807, 2.05) is 61.5 Å². The molecule has 1 fully saturated rings. The molecule has 1 aliphatic rings. The molecule has 3 aromatic rings. The molecule has 0 amide bonds. The van der Waals surface area contributed by atoms with Crippen molar-refractivity contribution < 1.29 is 18.1 Å². The van der Waals surface area contributed by atoms with Crippen LogP contribution in [0.15, 0.2) is 46.9 Å². The molecule has 0 radical (unpaired) electrons. The number of aromatic nitrogens is 2. The van der Waals surface area contributed by atoms with Crippen LogP contribution < -0.4 is 10.8 Å². The third kappa shape index (κ3) is 6.37. The Morgan fingerprint density at radius 2 is 1.59 bits per heavy atom. The Kier molecular flexibility index (Phi) is 9.68. The van der Waals surface area contributed by atoms with Gasteiger partial charge in [-0.3, -0.25) is 0 Å². The molecule has 2 aromatic carbocycles. The van der Waals surface area contributed by atoms with Crippen LogP contribution in [-0.2, 0) is 15.9 Å². The number of hydrogen-bond acceptors (Lipinski definition) is 6. The van der Waals surface area contributed by atoms with E-state index >= 15 is 0 Å². The highest BCUT2D eigenvalue weighted by Crippen LogP contribution is 2.36. The van der Waals surface area contributed by atoms with Gasteiger partial charge in [-0.1, -0.05) is 62.6 Å². The van der Waals surface area contributed by atoms with Gasteiger partial charge in [0.15, 0.2) is 0 Å². The van der Waals surface area contributed by atoms with Crippen molar-refractivity contribution in [3.63, 3.8) is 0 Å². The van der Waals surface area contributed by atoms with Crippen LogP contribution in [0, 0.1) is 5.82 Å². The Morgan fingerprint density at radius 1 is 0.941 bits per heavy atom. The minimum atomic E-state index is -0.609. The average molecular weight is 490 g/mol. The molecule has 1 N–H and O–H groups in total. The minimum absolute atomic E-state index is 0.187. The smallest absolute Gasteiger partial charge is 0.403 e. The zero-order valence-electron chi connectivity index (χ0n) is 21.2. The summed E-state index contributed by atoms with van der Waals surface area (Å²) in [5, 5.41) is 11.5. The Labute approximate surface area is 207 Å². The monoisotopic (exact) mass is 489 g/mol. The summed E-state index contributed by atoms with van der Waals surface area (Å²) in [7, 11) is -0.609. The van der Waals surface area contributed by atoms with Crippen LogP contribution in [0.25, 0.3) is 11.5 Å². The Hall–Kier alpha value is -2.42. The number of anilines is 1. The maximum absolute atomic E-state index is 14.7. The zero-order chi connectivity index (χ0) is 25.5. The van der Waals surface area contributed by atoms with Gasteiger partial charge in [0, 0.05) is 22.7 Å². The van der Waals surface area contributed by atoms with E-state index in [4.69, 9.17) is 25.3 Å². The van der Waals surface area contributed by atoms with Gasteiger partial charge in [0.1, 0.15) is 5.82 Å². The van der Waals surface area contributed by atoms with E-state index in [0.29, 0.717) is 27.5 Å². The minimum Gasteiger partial charge on any atom is -0.403 e. The summed E-state index contributed by atoms with van der Waals surface area (Å²) in [6.07, 6.45) is 0. The van der Waals surface area contributed by atoms with Gasteiger partial charge in [0.25, 0.3) is 0 Å². The molecular formula is C25H34BClFN3O3. The van der Waals surface area contributed by atoms with Crippen molar-refractivity contribution >= 4 is 30.2 Å². The summed E-state index contributed by atoms with van der Waals surface area (Å²) in [5.74, 6) is -0.0409. The van der Waals surface area contributed by atoms with Gasteiger partial charge in [0.05, 0.1) is 11.2 Å². The lowest BCUT2D eigenvalue weighted by Gasteiger charge is -2.32. The largest absolute Gasteiger partial charge is 0.494 e. The van der Waals surface area contributed by atoms with Crippen LogP contribution in [0.4, 0.5) is 10.4 Å². The van der Waals surface area contributed by atoms with E-state index < -0.39 is 18.3 Å². The molecule has 1 aliphatic heterocycles. The van der Waals surface area contributed by atoms with E-state index in [1.165, 1.54) is 6.07 Å². The molecule has 9 heteroatoms. The highest BCUT2D eigenvalue weighted by atomic mass is 35.5. The molecule has 34 heavy (non-hydrogen) atoms.